The minimum atomic E-state index is -0.303. The third kappa shape index (κ3) is 3.47. The van der Waals surface area contributed by atoms with Gasteiger partial charge >= 0.3 is 0 Å². The van der Waals surface area contributed by atoms with E-state index < -0.39 is 0 Å². The van der Waals surface area contributed by atoms with Crippen LogP contribution in [0.1, 0.15) is 72.1 Å². The molecule has 18 heavy (non-hydrogen) atoms. The van der Waals surface area contributed by atoms with Crippen molar-refractivity contribution in [1.82, 2.24) is 5.32 Å². The summed E-state index contributed by atoms with van der Waals surface area (Å²) in [6, 6.07) is 0. The lowest BCUT2D eigenvalue weighted by molar-refractivity contribution is -0.133. The van der Waals surface area contributed by atoms with Gasteiger partial charge < -0.3 is 11.1 Å². The van der Waals surface area contributed by atoms with Gasteiger partial charge in [0.05, 0.1) is 5.41 Å². The fourth-order valence-electron chi connectivity index (χ4n) is 2.76. The molecule has 1 saturated carbocycles. The Morgan fingerprint density at radius 3 is 2.06 bits per heavy atom. The van der Waals surface area contributed by atoms with Gasteiger partial charge in [-0.2, -0.15) is 0 Å². The highest BCUT2D eigenvalue weighted by Crippen LogP contribution is 2.35. The van der Waals surface area contributed by atoms with Crippen LogP contribution in [0.15, 0.2) is 0 Å². The fourth-order valence-corrected chi connectivity index (χ4v) is 2.76. The molecule has 0 aromatic heterocycles. The van der Waals surface area contributed by atoms with E-state index in [1.165, 1.54) is 12.8 Å². The molecular weight excluding hydrogens is 224 g/mol. The molecule has 0 bridgehead atoms. The van der Waals surface area contributed by atoms with Crippen LogP contribution >= 0.6 is 0 Å². The van der Waals surface area contributed by atoms with Crippen LogP contribution in [0, 0.1) is 5.41 Å². The highest BCUT2D eigenvalue weighted by atomic mass is 16.2. The van der Waals surface area contributed by atoms with Crippen LogP contribution < -0.4 is 11.1 Å². The maximum Gasteiger partial charge on any atom is 0.227 e. The molecule has 3 heteroatoms. The zero-order valence-electron chi connectivity index (χ0n) is 12.3. The highest BCUT2D eigenvalue weighted by Gasteiger charge is 2.39. The molecule has 0 heterocycles. The van der Waals surface area contributed by atoms with E-state index in [0.717, 1.165) is 38.5 Å². The zero-order valence-corrected chi connectivity index (χ0v) is 12.3. The first kappa shape index (κ1) is 15.5. The second-order valence-electron chi connectivity index (χ2n) is 6.12. The Balaban J connectivity index is 2.77. The van der Waals surface area contributed by atoms with Gasteiger partial charge in [-0.15, -0.1) is 0 Å². The summed E-state index contributed by atoms with van der Waals surface area (Å²) in [6.07, 6.45) is 8.62. The number of nitrogens with one attached hydrogen (secondary N) is 1. The number of nitrogens with two attached hydrogens (primary N) is 1. The largest absolute Gasteiger partial charge is 0.350 e. The third-order valence-electron chi connectivity index (χ3n) is 4.91. The second kappa shape index (κ2) is 6.55. The molecule has 0 saturated heterocycles. The Morgan fingerprint density at radius 2 is 1.67 bits per heavy atom. The third-order valence-corrected chi connectivity index (χ3v) is 4.91. The predicted octanol–water partition coefficient (Wildman–Crippen LogP) is 2.98. The van der Waals surface area contributed by atoms with E-state index >= 15 is 0 Å². The van der Waals surface area contributed by atoms with Crippen molar-refractivity contribution < 1.29 is 4.79 Å². The number of amides is 1. The Morgan fingerprint density at radius 1 is 1.17 bits per heavy atom. The number of carbonyl (C=O) groups excluding carboxylic acids is 1. The smallest absolute Gasteiger partial charge is 0.227 e. The van der Waals surface area contributed by atoms with Crippen molar-refractivity contribution >= 4 is 5.91 Å². The molecule has 1 fully saturated rings. The van der Waals surface area contributed by atoms with Gasteiger partial charge in [-0.05, 0) is 32.6 Å². The summed E-state index contributed by atoms with van der Waals surface area (Å²) in [5, 5.41) is 3.26. The Bertz CT molecular complexity index is 264. The van der Waals surface area contributed by atoms with Crippen molar-refractivity contribution in [3.05, 3.63) is 0 Å². The molecule has 0 aromatic rings. The predicted molar refractivity (Wildman–Crippen MR) is 76.3 cm³/mol. The first-order chi connectivity index (χ1) is 8.52. The molecule has 0 radical (unpaired) electrons. The zero-order chi connectivity index (χ0) is 13.6. The van der Waals surface area contributed by atoms with Crippen LogP contribution in [0.5, 0.6) is 0 Å². The van der Waals surface area contributed by atoms with E-state index in [1.807, 2.05) is 0 Å². The summed E-state index contributed by atoms with van der Waals surface area (Å²) in [5.41, 5.74) is 5.57. The number of rotatable bonds is 5. The van der Waals surface area contributed by atoms with Crippen molar-refractivity contribution in [1.29, 1.82) is 0 Å². The van der Waals surface area contributed by atoms with Crippen LogP contribution in [0.4, 0.5) is 0 Å². The molecule has 106 valence electrons. The number of hydrogen-bond acceptors (Lipinski definition) is 2. The van der Waals surface area contributed by atoms with Gasteiger partial charge in [-0.25, -0.2) is 0 Å². The molecule has 0 aromatic carbocycles. The summed E-state index contributed by atoms with van der Waals surface area (Å²) in [7, 11) is 0. The normalized spacial score (nSPS) is 20.2. The van der Waals surface area contributed by atoms with Crippen molar-refractivity contribution in [2.45, 2.75) is 77.7 Å². The molecular formula is C15H30N2O. The second-order valence-corrected chi connectivity index (χ2v) is 6.12. The summed E-state index contributed by atoms with van der Waals surface area (Å²) in [5.74, 6) is 0.193. The summed E-state index contributed by atoms with van der Waals surface area (Å²) >= 11 is 0. The van der Waals surface area contributed by atoms with E-state index in [-0.39, 0.29) is 16.9 Å². The lowest BCUT2D eigenvalue weighted by Crippen LogP contribution is -2.53. The molecule has 1 rings (SSSR count). The number of carbonyl (C=O) groups is 1. The van der Waals surface area contributed by atoms with Gasteiger partial charge in [-0.1, -0.05) is 39.5 Å². The van der Waals surface area contributed by atoms with Gasteiger partial charge in [0.2, 0.25) is 5.91 Å². The molecule has 0 atom stereocenters. The molecule has 1 aliphatic carbocycles. The molecule has 0 aliphatic heterocycles. The van der Waals surface area contributed by atoms with Crippen LogP contribution in [-0.4, -0.2) is 18.0 Å². The average molecular weight is 254 g/mol. The monoisotopic (exact) mass is 254 g/mol. The average Bonchev–Trinajstić information content (AvgIpc) is 2.64. The molecule has 0 spiro atoms. The van der Waals surface area contributed by atoms with E-state index in [9.17, 15) is 4.79 Å². The minimum absolute atomic E-state index is 0.0778. The molecule has 3 N–H and O–H groups in total. The van der Waals surface area contributed by atoms with Gasteiger partial charge in [0.15, 0.2) is 0 Å². The van der Waals surface area contributed by atoms with Gasteiger partial charge in [0.1, 0.15) is 0 Å². The lowest BCUT2D eigenvalue weighted by atomic mass is 9.78. The summed E-state index contributed by atoms with van der Waals surface area (Å²) in [6.45, 7) is 6.88. The van der Waals surface area contributed by atoms with Gasteiger partial charge in [0.25, 0.3) is 0 Å². The van der Waals surface area contributed by atoms with Gasteiger partial charge in [-0.3, -0.25) is 4.79 Å². The molecule has 1 aliphatic rings. The Hall–Kier alpha value is -0.570. The van der Waals surface area contributed by atoms with Crippen molar-refractivity contribution in [3.8, 4) is 0 Å². The topological polar surface area (TPSA) is 55.1 Å². The lowest BCUT2D eigenvalue weighted by Gasteiger charge is -2.36. The quantitative estimate of drug-likeness (QED) is 0.741. The Labute approximate surface area is 112 Å². The summed E-state index contributed by atoms with van der Waals surface area (Å²) < 4.78 is 0. The van der Waals surface area contributed by atoms with E-state index in [1.54, 1.807) is 0 Å². The molecule has 3 nitrogen and oxygen atoms in total. The highest BCUT2D eigenvalue weighted by molar-refractivity contribution is 5.83. The molecule has 1 amide bonds. The van der Waals surface area contributed by atoms with E-state index in [0.29, 0.717) is 6.54 Å². The maximum absolute atomic E-state index is 12.6. The van der Waals surface area contributed by atoms with Crippen LogP contribution in [0.25, 0.3) is 0 Å². The van der Waals surface area contributed by atoms with Crippen molar-refractivity contribution in [2.75, 3.05) is 6.54 Å². The van der Waals surface area contributed by atoms with Crippen LogP contribution in [0.3, 0.4) is 0 Å². The van der Waals surface area contributed by atoms with Gasteiger partial charge in [0, 0.05) is 12.1 Å². The Kier molecular flexibility index (Phi) is 5.64. The standard InChI is InChI=1S/C15H30N2O/c1-4-14(3,5-2)17-13(18)15(12-16)10-8-6-7-9-11-15/h4-12,16H2,1-3H3,(H,17,18). The first-order valence-electron chi connectivity index (χ1n) is 7.54. The summed E-state index contributed by atoms with van der Waals surface area (Å²) in [4.78, 5) is 12.6. The van der Waals surface area contributed by atoms with Crippen molar-refractivity contribution in [2.24, 2.45) is 11.1 Å². The number of hydrogen-bond donors (Lipinski definition) is 2. The van der Waals surface area contributed by atoms with Crippen molar-refractivity contribution in [3.63, 3.8) is 0 Å². The van der Waals surface area contributed by atoms with E-state index in [4.69, 9.17) is 5.73 Å². The molecule has 0 unspecified atom stereocenters. The first-order valence-corrected chi connectivity index (χ1v) is 7.54. The van der Waals surface area contributed by atoms with Crippen LogP contribution in [-0.2, 0) is 4.79 Å². The maximum atomic E-state index is 12.6. The SMILES string of the molecule is CCC(C)(CC)NC(=O)C1(CN)CCCCCC1. The fraction of sp³-hybridized carbons (Fsp3) is 0.933. The van der Waals surface area contributed by atoms with Crippen LogP contribution in [0.2, 0.25) is 0 Å². The minimum Gasteiger partial charge on any atom is -0.350 e. The van der Waals surface area contributed by atoms with E-state index in [2.05, 4.69) is 26.1 Å².